The third-order valence-electron chi connectivity index (χ3n) is 2.57. The number of hydrogen-bond acceptors (Lipinski definition) is 5. The number of pyridine rings is 1. The van der Waals surface area contributed by atoms with Crippen LogP contribution >= 0.6 is 0 Å². The Balaban J connectivity index is 2.53. The van der Waals surface area contributed by atoms with Gasteiger partial charge in [-0.3, -0.25) is 19.9 Å². The van der Waals surface area contributed by atoms with Gasteiger partial charge in [0.25, 0.3) is 0 Å². The summed E-state index contributed by atoms with van der Waals surface area (Å²) in [6, 6.07) is 6.31. The molecule has 0 atom stereocenters. The SMILES string of the molecule is O=C(c1cccnc1)c1cccc(OC(F)F)c1[N+](=O)[O-]. The molecule has 1 aromatic carbocycles. The van der Waals surface area contributed by atoms with Gasteiger partial charge in [-0.05, 0) is 24.3 Å². The third kappa shape index (κ3) is 3.16. The normalized spacial score (nSPS) is 10.4. The van der Waals surface area contributed by atoms with E-state index in [0.717, 1.165) is 6.07 Å². The Hall–Kier alpha value is -2.90. The summed E-state index contributed by atoms with van der Waals surface area (Å²) in [4.78, 5) is 26.1. The van der Waals surface area contributed by atoms with Gasteiger partial charge >= 0.3 is 12.3 Å². The van der Waals surface area contributed by atoms with Crippen LogP contribution in [-0.2, 0) is 0 Å². The minimum atomic E-state index is -3.23. The second-order valence-corrected chi connectivity index (χ2v) is 3.86. The quantitative estimate of drug-likeness (QED) is 0.481. The highest BCUT2D eigenvalue weighted by Crippen LogP contribution is 2.33. The molecule has 1 heterocycles. The second-order valence-electron chi connectivity index (χ2n) is 3.86. The summed E-state index contributed by atoms with van der Waals surface area (Å²) in [7, 11) is 0. The van der Waals surface area contributed by atoms with Crippen LogP contribution in [0.2, 0.25) is 0 Å². The number of para-hydroxylation sites is 1. The molecule has 1 aromatic heterocycles. The van der Waals surface area contributed by atoms with E-state index in [4.69, 9.17) is 0 Å². The molecule has 0 bridgehead atoms. The lowest BCUT2D eigenvalue weighted by atomic mass is 10.0. The maximum Gasteiger partial charge on any atom is 0.387 e. The van der Waals surface area contributed by atoms with Crippen molar-refractivity contribution >= 4 is 11.5 Å². The fraction of sp³-hybridized carbons (Fsp3) is 0.0769. The Labute approximate surface area is 117 Å². The van der Waals surface area contributed by atoms with Crippen molar-refractivity contribution in [3.63, 3.8) is 0 Å². The van der Waals surface area contributed by atoms with E-state index in [1.807, 2.05) is 0 Å². The lowest BCUT2D eigenvalue weighted by Gasteiger charge is -2.08. The Morgan fingerprint density at radius 2 is 2.05 bits per heavy atom. The first-order valence-corrected chi connectivity index (χ1v) is 5.67. The van der Waals surface area contributed by atoms with Gasteiger partial charge in [0.2, 0.25) is 11.5 Å². The van der Waals surface area contributed by atoms with Crippen LogP contribution in [0.15, 0.2) is 42.7 Å². The molecule has 2 rings (SSSR count). The first-order valence-electron chi connectivity index (χ1n) is 5.67. The number of benzene rings is 1. The number of ether oxygens (including phenoxy) is 1. The minimum Gasteiger partial charge on any atom is -0.427 e. The highest BCUT2D eigenvalue weighted by molar-refractivity contribution is 6.11. The first-order chi connectivity index (χ1) is 10.0. The lowest BCUT2D eigenvalue weighted by Crippen LogP contribution is -2.10. The molecular weight excluding hydrogens is 286 g/mol. The number of hydrogen-bond donors (Lipinski definition) is 0. The van der Waals surface area contributed by atoms with Crippen molar-refractivity contribution in [3.05, 3.63) is 64.0 Å². The van der Waals surface area contributed by atoms with Crippen LogP contribution in [0.5, 0.6) is 5.75 Å². The van der Waals surface area contributed by atoms with Crippen molar-refractivity contribution in [3.8, 4) is 5.75 Å². The summed E-state index contributed by atoms with van der Waals surface area (Å²) in [6.07, 6.45) is 2.66. The molecule has 0 unspecified atom stereocenters. The number of nitro benzene ring substituents is 1. The topological polar surface area (TPSA) is 82.3 Å². The van der Waals surface area contributed by atoms with E-state index >= 15 is 0 Å². The zero-order valence-corrected chi connectivity index (χ0v) is 10.4. The summed E-state index contributed by atoms with van der Waals surface area (Å²) < 4.78 is 28.7. The molecule has 2 aromatic rings. The first kappa shape index (κ1) is 14.5. The number of nitro groups is 1. The highest BCUT2D eigenvalue weighted by Gasteiger charge is 2.27. The molecule has 0 aliphatic carbocycles. The third-order valence-corrected chi connectivity index (χ3v) is 2.57. The van der Waals surface area contributed by atoms with Crippen molar-refractivity contribution in [2.24, 2.45) is 0 Å². The molecule has 0 saturated carbocycles. The smallest absolute Gasteiger partial charge is 0.387 e. The van der Waals surface area contributed by atoms with E-state index in [0.29, 0.717) is 0 Å². The molecule has 8 heteroatoms. The van der Waals surface area contributed by atoms with E-state index in [2.05, 4.69) is 9.72 Å². The number of alkyl halides is 2. The molecule has 0 radical (unpaired) electrons. The van der Waals surface area contributed by atoms with Crippen LogP contribution in [-0.4, -0.2) is 22.3 Å². The van der Waals surface area contributed by atoms with E-state index in [1.54, 1.807) is 0 Å². The Kier molecular flexibility index (Phi) is 4.17. The molecule has 0 aliphatic heterocycles. The van der Waals surface area contributed by atoms with Gasteiger partial charge in [-0.15, -0.1) is 0 Å². The van der Waals surface area contributed by atoms with E-state index in [1.165, 1.54) is 36.7 Å². The molecule has 0 saturated heterocycles. The average molecular weight is 294 g/mol. The van der Waals surface area contributed by atoms with Gasteiger partial charge in [0.1, 0.15) is 5.56 Å². The van der Waals surface area contributed by atoms with Gasteiger partial charge < -0.3 is 4.74 Å². The van der Waals surface area contributed by atoms with Crippen molar-refractivity contribution in [1.29, 1.82) is 0 Å². The Morgan fingerprint density at radius 3 is 2.62 bits per heavy atom. The van der Waals surface area contributed by atoms with Crippen molar-refractivity contribution in [2.45, 2.75) is 6.61 Å². The van der Waals surface area contributed by atoms with Crippen LogP contribution in [0, 0.1) is 10.1 Å². The number of carbonyl (C=O) groups excluding carboxylic acids is 1. The highest BCUT2D eigenvalue weighted by atomic mass is 19.3. The predicted octanol–water partition coefficient (Wildman–Crippen LogP) is 2.82. The van der Waals surface area contributed by atoms with Gasteiger partial charge in [-0.1, -0.05) is 6.07 Å². The summed E-state index contributed by atoms with van der Waals surface area (Å²) in [5.74, 6) is -1.36. The Morgan fingerprint density at radius 1 is 1.29 bits per heavy atom. The lowest BCUT2D eigenvalue weighted by molar-refractivity contribution is -0.386. The van der Waals surface area contributed by atoms with E-state index in [9.17, 15) is 23.7 Å². The van der Waals surface area contributed by atoms with Gasteiger partial charge in [-0.25, -0.2) is 0 Å². The van der Waals surface area contributed by atoms with Crippen LogP contribution in [0.25, 0.3) is 0 Å². The van der Waals surface area contributed by atoms with E-state index < -0.39 is 28.8 Å². The van der Waals surface area contributed by atoms with Crippen LogP contribution in [0.1, 0.15) is 15.9 Å². The summed E-state index contributed by atoms with van der Waals surface area (Å²) in [5.41, 5.74) is -1.03. The molecule has 21 heavy (non-hydrogen) atoms. The molecule has 6 nitrogen and oxygen atoms in total. The van der Waals surface area contributed by atoms with E-state index in [-0.39, 0.29) is 11.1 Å². The van der Waals surface area contributed by atoms with Crippen LogP contribution < -0.4 is 4.74 Å². The number of aromatic nitrogens is 1. The van der Waals surface area contributed by atoms with Gasteiger partial charge in [0, 0.05) is 18.0 Å². The number of ketones is 1. The zero-order chi connectivity index (χ0) is 15.4. The monoisotopic (exact) mass is 294 g/mol. The molecule has 108 valence electrons. The van der Waals surface area contributed by atoms with Crippen LogP contribution in [0.4, 0.5) is 14.5 Å². The second kappa shape index (κ2) is 6.04. The number of halogens is 2. The van der Waals surface area contributed by atoms with Gasteiger partial charge in [0.15, 0.2) is 0 Å². The Bertz CT molecular complexity index is 677. The molecule has 0 aliphatic rings. The fourth-order valence-corrected chi connectivity index (χ4v) is 1.74. The maximum atomic E-state index is 12.3. The number of nitrogens with zero attached hydrogens (tertiary/aromatic N) is 2. The van der Waals surface area contributed by atoms with Crippen LogP contribution in [0.3, 0.4) is 0 Å². The number of rotatable bonds is 5. The molecule has 0 N–H and O–H groups in total. The number of carbonyl (C=O) groups is 1. The summed E-state index contributed by atoms with van der Waals surface area (Å²) >= 11 is 0. The predicted molar refractivity (Wildman–Crippen MR) is 67.4 cm³/mol. The maximum absolute atomic E-state index is 12.3. The standard InChI is InChI=1S/C13H8F2N2O4/c14-13(15)21-10-5-1-4-9(11(10)17(19)20)12(18)8-3-2-6-16-7-8/h1-7,13H. The van der Waals surface area contributed by atoms with Crippen molar-refractivity contribution in [2.75, 3.05) is 0 Å². The average Bonchev–Trinajstić information content (AvgIpc) is 2.46. The fourth-order valence-electron chi connectivity index (χ4n) is 1.74. The van der Waals surface area contributed by atoms with Gasteiger partial charge in [0.05, 0.1) is 4.92 Å². The minimum absolute atomic E-state index is 0.106. The molecule has 0 spiro atoms. The summed E-state index contributed by atoms with van der Waals surface area (Å²) in [6.45, 7) is -3.23. The zero-order valence-electron chi connectivity index (χ0n) is 10.4. The van der Waals surface area contributed by atoms with Crippen molar-refractivity contribution in [1.82, 2.24) is 4.98 Å². The largest absolute Gasteiger partial charge is 0.427 e. The molecule has 0 amide bonds. The van der Waals surface area contributed by atoms with Crippen molar-refractivity contribution < 1.29 is 23.2 Å². The molecule has 0 fully saturated rings. The van der Waals surface area contributed by atoms with Gasteiger partial charge in [-0.2, -0.15) is 8.78 Å². The molecular formula is C13H8F2N2O4. The summed E-state index contributed by atoms with van der Waals surface area (Å²) in [5, 5.41) is 11.1.